The minimum atomic E-state index is 0. The van der Waals surface area contributed by atoms with Gasteiger partial charge in [-0.2, -0.15) is 0 Å². The summed E-state index contributed by atoms with van der Waals surface area (Å²) in [5.74, 6) is 0.986. The van der Waals surface area contributed by atoms with Gasteiger partial charge in [-0.05, 0) is 52.4 Å². The van der Waals surface area contributed by atoms with E-state index in [2.05, 4.69) is 29.5 Å². The molecular formula is C18H32IN3O2. The summed E-state index contributed by atoms with van der Waals surface area (Å²) < 4.78 is 11.9. The van der Waals surface area contributed by atoms with Crippen LogP contribution in [0.2, 0.25) is 0 Å². The van der Waals surface area contributed by atoms with Gasteiger partial charge in [0, 0.05) is 24.6 Å². The fraction of sp³-hybridized carbons (Fsp3) is 0.944. The van der Waals surface area contributed by atoms with Crippen molar-refractivity contribution >= 4 is 29.9 Å². The Hall–Kier alpha value is -0.0800. The van der Waals surface area contributed by atoms with E-state index in [-0.39, 0.29) is 24.0 Å². The van der Waals surface area contributed by atoms with Crippen molar-refractivity contribution < 1.29 is 9.47 Å². The molecule has 0 radical (unpaired) electrons. The lowest BCUT2D eigenvalue weighted by atomic mass is 9.51. The number of halogens is 1. The second kappa shape index (κ2) is 7.66. The largest absolute Gasteiger partial charge is 0.378 e. The quantitative estimate of drug-likeness (QED) is 0.385. The summed E-state index contributed by atoms with van der Waals surface area (Å²) in [6.45, 7) is 5.85. The lowest BCUT2D eigenvalue weighted by molar-refractivity contribution is -0.168. The molecule has 5 atom stereocenters. The van der Waals surface area contributed by atoms with E-state index in [1.807, 2.05) is 0 Å². The molecular weight excluding hydrogens is 417 g/mol. The zero-order valence-corrected chi connectivity index (χ0v) is 17.3. The van der Waals surface area contributed by atoms with Gasteiger partial charge in [0.15, 0.2) is 5.96 Å². The van der Waals surface area contributed by atoms with Crippen molar-refractivity contribution in [1.82, 2.24) is 10.6 Å². The third-order valence-electron chi connectivity index (χ3n) is 6.49. The van der Waals surface area contributed by atoms with Crippen LogP contribution in [0.25, 0.3) is 0 Å². The predicted molar refractivity (Wildman–Crippen MR) is 106 cm³/mol. The van der Waals surface area contributed by atoms with Crippen LogP contribution in [0.1, 0.15) is 58.8 Å². The monoisotopic (exact) mass is 449 g/mol. The van der Waals surface area contributed by atoms with Crippen LogP contribution in [0.5, 0.6) is 0 Å². The van der Waals surface area contributed by atoms with Crippen LogP contribution in [0.15, 0.2) is 4.99 Å². The van der Waals surface area contributed by atoms with Gasteiger partial charge < -0.3 is 20.1 Å². The van der Waals surface area contributed by atoms with Crippen LogP contribution in [-0.4, -0.2) is 49.5 Å². The number of ether oxygens (including phenoxy) is 2. The fourth-order valence-electron chi connectivity index (χ4n) is 5.06. The first-order chi connectivity index (χ1) is 11.2. The summed E-state index contributed by atoms with van der Waals surface area (Å²) in [6, 6.07) is 0.955. The van der Waals surface area contributed by atoms with Gasteiger partial charge in [-0.25, -0.2) is 0 Å². The van der Waals surface area contributed by atoms with Gasteiger partial charge in [-0.15, -0.1) is 24.0 Å². The summed E-state index contributed by atoms with van der Waals surface area (Å²) in [5.41, 5.74) is 0.372. The molecule has 1 spiro atoms. The standard InChI is InChI=1S/C18H31N3O2.HI/c1-3-19-17(20-13-10-12-6-7-14(13)23-12)21-15-11-16(22-4-2)18(15)8-5-9-18;/h12-16H,3-11H2,1-2H3,(H2,19,20,21);1H. The highest BCUT2D eigenvalue weighted by Gasteiger charge is 2.59. The molecule has 24 heavy (non-hydrogen) atoms. The van der Waals surface area contributed by atoms with Crippen molar-refractivity contribution in [3.05, 3.63) is 0 Å². The van der Waals surface area contributed by atoms with E-state index in [0.717, 1.165) is 32.0 Å². The molecule has 4 rings (SSSR count). The summed E-state index contributed by atoms with van der Waals surface area (Å²) >= 11 is 0. The molecule has 0 amide bonds. The Balaban J connectivity index is 0.00000169. The number of rotatable bonds is 5. The number of hydrogen-bond donors (Lipinski definition) is 2. The zero-order valence-electron chi connectivity index (χ0n) is 14.9. The number of fused-ring (bicyclic) bond motifs is 2. The summed E-state index contributed by atoms with van der Waals surface area (Å²) in [4.78, 5) is 4.69. The van der Waals surface area contributed by atoms with Crippen LogP contribution >= 0.6 is 24.0 Å². The van der Waals surface area contributed by atoms with Crippen LogP contribution in [-0.2, 0) is 9.47 Å². The molecule has 4 aliphatic rings. The van der Waals surface area contributed by atoms with Gasteiger partial charge in [0.05, 0.1) is 24.4 Å². The van der Waals surface area contributed by atoms with Crippen LogP contribution in [0, 0.1) is 5.41 Å². The van der Waals surface area contributed by atoms with Crippen molar-refractivity contribution in [2.75, 3.05) is 13.2 Å². The molecule has 2 heterocycles. The number of hydrogen-bond acceptors (Lipinski definition) is 3. The van der Waals surface area contributed by atoms with E-state index >= 15 is 0 Å². The van der Waals surface area contributed by atoms with Gasteiger partial charge in [0.1, 0.15) is 0 Å². The second-order valence-corrected chi connectivity index (χ2v) is 7.65. The lowest BCUT2D eigenvalue weighted by Crippen LogP contribution is -2.69. The Bertz CT molecular complexity index is 469. The van der Waals surface area contributed by atoms with Crippen LogP contribution < -0.4 is 10.6 Å². The molecule has 4 fully saturated rings. The Morgan fingerprint density at radius 3 is 2.58 bits per heavy atom. The van der Waals surface area contributed by atoms with E-state index in [1.54, 1.807) is 0 Å². The molecule has 6 heteroatoms. The minimum Gasteiger partial charge on any atom is -0.378 e. The predicted octanol–water partition coefficient (Wildman–Crippen LogP) is 2.83. The minimum absolute atomic E-state index is 0. The van der Waals surface area contributed by atoms with Crippen molar-refractivity contribution in [3.63, 3.8) is 0 Å². The SMILES string of the molecule is CCN=C(NC1CC2CCC1O2)NC1CC(OCC)C12CCC2.I. The average Bonchev–Trinajstić information content (AvgIpc) is 3.07. The van der Waals surface area contributed by atoms with Gasteiger partial charge in [0.2, 0.25) is 0 Å². The van der Waals surface area contributed by atoms with Crippen LogP contribution in [0.4, 0.5) is 0 Å². The first kappa shape index (κ1) is 18.7. The second-order valence-electron chi connectivity index (χ2n) is 7.65. The number of nitrogens with one attached hydrogen (secondary N) is 2. The maximum Gasteiger partial charge on any atom is 0.191 e. The first-order valence-corrected chi connectivity index (χ1v) is 9.59. The topological polar surface area (TPSA) is 54.9 Å². The average molecular weight is 449 g/mol. The zero-order chi connectivity index (χ0) is 15.9. The molecule has 138 valence electrons. The van der Waals surface area contributed by atoms with Gasteiger partial charge in [-0.3, -0.25) is 4.99 Å². The highest BCUT2D eigenvalue weighted by molar-refractivity contribution is 14.0. The smallest absolute Gasteiger partial charge is 0.191 e. The van der Waals surface area contributed by atoms with E-state index in [0.29, 0.717) is 35.8 Å². The van der Waals surface area contributed by atoms with E-state index in [4.69, 9.17) is 9.47 Å². The molecule has 0 aromatic heterocycles. The first-order valence-electron chi connectivity index (χ1n) is 9.59. The molecule has 5 nitrogen and oxygen atoms in total. The van der Waals surface area contributed by atoms with E-state index in [1.165, 1.54) is 32.1 Å². The fourth-order valence-corrected chi connectivity index (χ4v) is 5.06. The van der Waals surface area contributed by atoms with Gasteiger partial charge in [0.25, 0.3) is 0 Å². The lowest BCUT2D eigenvalue weighted by Gasteiger charge is -2.61. The molecule has 2 saturated heterocycles. The number of aliphatic imine (C=N–C) groups is 1. The molecule has 0 aromatic rings. The maximum atomic E-state index is 5.97. The van der Waals surface area contributed by atoms with Gasteiger partial charge in [-0.1, -0.05) is 6.42 Å². The molecule has 2 saturated carbocycles. The molecule has 2 aliphatic heterocycles. The van der Waals surface area contributed by atoms with Gasteiger partial charge >= 0.3 is 0 Å². The van der Waals surface area contributed by atoms with Crippen molar-refractivity contribution in [3.8, 4) is 0 Å². The molecule has 5 unspecified atom stereocenters. The maximum absolute atomic E-state index is 5.97. The van der Waals surface area contributed by atoms with Crippen molar-refractivity contribution in [2.45, 2.75) is 89.2 Å². The molecule has 0 aromatic carbocycles. The Labute approximate surface area is 162 Å². The Kier molecular flexibility index (Phi) is 5.97. The molecule has 2 N–H and O–H groups in total. The van der Waals surface area contributed by atoms with E-state index < -0.39 is 0 Å². The van der Waals surface area contributed by atoms with Crippen molar-refractivity contribution in [1.29, 1.82) is 0 Å². The highest BCUT2D eigenvalue weighted by atomic mass is 127. The number of guanidine groups is 1. The summed E-state index contributed by atoms with van der Waals surface area (Å²) in [5, 5.41) is 7.38. The van der Waals surface area contributed by atoms with Crippen molar-refractivity contribution in [2.24, 2.45) is 10.4 Å². The number of nitrogens with zero attached hydrogens (tertiary/aromatic N) is 1. The third kappa shape index (κ3) is 3.18. The summed E-state index contributed by atoms with van der Waals surface area (Å²) in [7, 11) is 0. The third-order valence-corrected chi connectivity index (χ3v) is 6.49. The summed E-state index contributed by atoms with van der Waals surface area (Å²) in [6.07, 6.45) is 9.93. The molecule has 2 aliphatic carbocycles. The molecule has 2 bridgehead atoms. The highest BCUT2D eigenvalue weighted by Crippen LogP contribution is 2.57. The Morgan fingerprint density at radius 1 is 1.21 bits per heavy atom. The van der Waals surface area contributed by atoms with Crippen LogP contribution in [0.3, 0.4) is 0 Å². The van der Waals surface area contributed by atoms with E-state index in [9.17, 15) is 0 Å². The normalized spacial score (nSPS) is 39.1. The Morgan fingerprint density at radius 2 is 2.04 bits per heavy atom.